The molecule has 1 amide bonds. The number of alkyl carbamates (subject to hydrolysis) is 1. The van der Waals surface area contributed by atoms with Crippen LogP contribution < -0.4 is 5.32 Å². The smallest absolute Gasteiger partial charge is 0.407 e. The van der Waals surface area contributed by atoms with Gasteiger partial charge >= 0.3 is 12.1 Å². The van der Waals surface area contributed by atoms with Gasteiger partial charge in [0.05, 0.1) is 6.42 Å². The minimum absolute atomic E-state index is 0.0176. The van der Waals surface area contributed by atoms with Gasteiger partial charge in [-0.3, -0.25) is 4.79 Å². The van der Waals surface area contributed by atoms with Crippen molar-refractivity contribution in [1.29, 1.82) is 0 Å². The Morgan fingerprint density at radius 3 is 2.13 bits per heavy atom. The minimum Gasteiger partial charge on any atom is -0.449 e. The van der Waals surface area contributed by atoms with Crippen molar-refractivity contribution < 1.29 is 18.7 Å². The third-order valence-corrected chi connectivity index (χ3v) is 3.93. The van der Waals surface area contributed by atoms with E-state index in [4.69, 9.17) is 4.74 Å². The normalized spacial score (nSPS) is 12.4. The topological polar surface area (TPSA) is 55.4 Å². The Bertz CT molecular complexity index is 699. The number of benzene rings is 2. The lowest BCUT2D eigenvalue weighted by Gasteiger charge is -2.14. The van der Waals surface area contributed by atoms with Crippen LogP contribution in [0.25, 0.3) is 11.1 Å². The molecule has 0 aliphatic heterocycles. The zero-order valence-electron chi connectivity index (χ0n) is 12.4. The highest BCUT2D eigenvalue weighted by Crippen LogP contribution is 2.44. The molecule has 0 bridgehead atoms. The standard InChI is InChI=1S/C18H16FNO3/c19-17(21)9-10-20-18(22)23-11-16-14-7-3-1-5-12(14)13-6-2-4-8-15(13)16/h1-8,16H,9-11H2,(H,20,22). The Kier molecular flexibility index (Phi) is 4.37. The summed E-state index contributed by atoms with van der Waals surface area (Å²) in [5.41, 5.74) is 4.56. The van der Waals surface area contributed by atoms with Crippen LogP contribution in [0.1, 0.15) is 23.5 Å². The Morgan fingerprint density at radius 1 is 1.00 bits per heavy atom. The number of nitrogens with one attached hydrogen (secondary N) is 1. The summed E-state index contributed by atoms with van der Waals surface area (Å²) >= 11 is 0. The van der Waals surface area contributed by atoms with E-state index in [1.54, 1.807) is 0 Å². The maximum absolute atomic E-state index is 12.1. The van der Waals surface area contributed by atoms with E-state index in [2.05, 4.69) is 17.4 Å². The first kappa shape index (κ1) is 15.2. The summed E-state index contributed by atoms with van der Waals surface area (Å²) in [5.74, 6) is -0.0176. The summed E-state index contributed by atoms with van der Waals surface area (Å²) < 4.78 is 17.3. The molecule has 1 aliphatic carbocycles. The Morgan fingerprint density at radius 2 is 1.57 bits per heavy atom. The van der Waals surface area contributed by atoms with Gasteiger partial charge in [-0.1, -0.05) is 48.5 Å². The fraction of sp³-hybridized carbons (Fsp3) is 0.222. The molecule has 0 fully saturated rings. The second-order valence-corrected chi connectivity index (χ2v) is 5.36. The number of fused-ring (bicyclic) bond motifs is 3. The van der Waals surface area contributed by atoms with E-state index < -0.39 is 12.1 Å². The van der Waals surface area contributed by atoms with Crippen LogP contribution in [-0.2, 0) is 9.53 Å². The predicted molar refractivity (Wildman–Crippen MR) is 83.8 cm³/mol. The van der Waals surface area contributed by atoms with Crippen LogP contribution in [0, 0.1) is 0 Å². The van der Waals surface area contributed by atoms with Crippen molar-refractivity contribution in [3.63, 3.8) is 0 Å². The zero-order chi connectivity index (χ0) is 16.2. The molecular weight excluding hydrogens is 297 g/mol. The van der Waals surface area contributed by atoms with Gasteiger partial charge in [0, 0.05) is 12.5 Å². The molecule has 0 saturated carbocycles. The molecule has 0 spiro atoms. The lowest BCUT2D eigenvalue weighted by molar-refractivity contribution is -0.129. The van der Waals surface area contributed by atoms with Crippen molar-refractivity contribution in [1.82, 2.24) is 5.32 Å². The molecule has 118 valence electrons. The second kappa shape index (κ2) is 6.60. The molecule has 0 heterocycles. The van der Waals surface area contributed by atoms with Crippen LogP contribution in [0.5, 0.6) is 0 Å². The van der Waals surface area contributed by atoms with Crippen molar-refractivity contribution in [2.24, 2.45) is 0 Å². The Labute approximate surface area is 133 Å². The number of carbonyl (C=O) groups excluding carboxylic acids is 2. The summed E-state index contributed by atoms with van der Waals surface area (Å²) in [6, 6.07) is 14.6. The molecule has 0 aromatic heterocycles. The minimum atomic E-state index is -1.45. The van der Waals surface area contributed by atoms with Crippen LogP contribution in [0.4, 0.5) is 9.18 Å². The van der Waals surface area contributed by atoms with E-state index in [0.717, 1.165) is 22.3 Å². The molecule has 2 aromatic carbocycles. The molecule has 2 aromatic rings. The van der Waals surface area contributed by atoms with Crippen molar-refractivity contribution in [3.8, 4) is 11.1 Å². The van der Waals surface area contributed by atoms with Gasteiger partial charge in [0.25, 0.3) is 0 Å². The molecular formula is C18H16FNO3. The number of rotatable bonds is 5. The number of ether oxygens (including phenoxy) is 1. The number of amides is 1. The highest BCUT2D eigenvalue weighted by atomic mass is 19.1. The van der Waals surface area contributed by atoms with Crippen molar-refractivity contribution in [2.75, 3.05) is 13.2 Å². The highest BCUT2D eigenvalue weighted by molar-refractivity contribution is 5.79. The number of carbonyl (C=O) groups is 2. The van der Waals surface area contributed by atoms with Gasteiger partial charge in [-0.25, -0.2) is 4.79 Å². The van der Waals surface area contributed by atoms with Crippen LogP contribution >= 0.6 is 0 Å². The monoisotopic (exact) mass is 313 g/mol. The van der Waals surface area contributed by atoms with E-state index in [-0.39, 0.29) is 25.5 Å². The summed E-state index contributed by atoms with van der Waals surface area (Å²) in [5, 5.41) is 2.36. The molecule has 1 aliphatic rings. The first-order chi connectivity index (χ1) is 11.2. The van der Waals surface area contributed by atoms with E-state index in [1.807, 2.05) is 36.4 Å². The van der Waals surface area contributed by atoms with E-state index in [0.29, 0.717) is 0 Å². The van der Waals surface area contributed by atoms with Crippen LogP contribution in [-0.4, -0.2) is 25.3 Å². The molecule has 0 atom stereocenters. The molecule has 4 nitrogen and oxygen atoms in total. The first-order valence-electron chi connectivity index (χ1n) is 7.44. The number of hydrogen-bond donors (Lipinski definition) is 1. The maximum Gasteiger partial charge on any atom is 0.407 e. The Hall–Kier alpha value is -2.69. The summed E-state index contributed by atoms with van der Waals surface area (Å²) in [6.07, 6.45) is -0.988. The fourth-order valence-electron chi connectivity index (χ4n) is 2.91. The SMILES string of the molecule is O=C(F)CCNC(=O)OCC1c2ccccc2-c2ccccc21. The molecule has 1 N–H and O–H groups in total. The fourth-order valence-corrected chi connectivity index (χ4v) is 2.91. The Balaban J connectivity index is 1.69. The van der Waals surface area contributed by atoms with Crippen LogP contribution in [0.2, 0.25) is 0 Å². The molecule has 0 radical (unpaired) electrons. The number of halogens is 1. The van der Waals surface area contributed by atoms with Crippen LogP contribution in [0.3, 0.4) is 0 Å². The average Bonchev–Trinajstić information content (AvgIpc) is 2.87. The van der Waals surface area contributed by atoms with E-state index in [9.17, 15) is 14.0 Å². The predicted octanol–water partition coefficient (Wildman–Crippen LogP) is 3.41. The maximum atomic E-state index is 12.1. The van der Waals surface area contributed by atoms with Gasteiger partial charge in [0.2, 0.25) is 0 Å². The van der Waals surface area contributed by atoms with Crippen molar-refractivity contribution >= 4 is 12.1 Å². The van der Waals surface area contributed by atoms with E-state index >= 15 is 0 Å². The van der Waals surface area contributed by atoms with Gasteiger partial charge in [-0.05, 0) is 22.3 Å². The third kappa shape index (κ3) is 3.23. The van der Waals surface area contributed by atoms with Gasteiger partial charge in [-0.15, -0.1) is 0 Å². The lowest BCUT2D eigenvalue weighted by Crippen LogP contribution is -2.27. The first-order valence-corrected chi connectivity index (χ1v) is 7.44. The average molecular weight is 313 g/mol. The molecule has 0 unspecified atom stereocenters. The number of hydrogen-bond acceptors (Lipinski definition) is 3. The van der Waals surface area contributed by atoms with Crippen molar-refractivity contribution in [2.45, 2.75) is 12.3 Å². The lowest BCUT2D eigenvalue weighted by atomic mass is 9.98. The summed E-state index contributed by atoms with van der Waals surface area (Å²) in [7, 11) is 0. The molecule has 0 saturated heterocycles. The highest BCUT2D eigenvalue weighted by Gasteiger charge is 2.28. The van der Waals surface area contributed by atoms with Gasteiger partial charge in [0.15, 0.2) is 0 Å². The van der Waals surface area contributed by atoms with Gasteiger partial charge < -0.3 is 10.1 Å². The van der Waals surface area contributed by atoms with Gasteiger partial charge in [-0.2, -0.15) is 4.39 Å². The zero-order valence-corrected chi connectivity index (χ0v) is 12.4. The van der Waals surface area contributed by atoms with E-state index in [1.165, 1.54) is 0 Å². The van der Waals surface area contributed by atoms with Crippen LogP contribution in [0.15, 0.2) is 48.5 Å². The molecule has 23 heavy (non-hydrogen) atoms. The summed E-state index contributed by atoms with van der Waals surface area (Å²) in [4.78, 5) is 21.8. The third-order valence-electron chi connectivity index (χ3n) is 3.93. The quantitative estimate of drug-likeness (QED) is 0.861. The second-order valence-electron chi connectivity index (χ2n) is 5.36. The largest absolute Gasteiger partial charge is 0.449 e. The van der Waals surface area contributed by atoms with Gasteiger partial charge in [0.1, 0.15) is 6.61 Å². The molecule has 5 heteroatoms. The molecule has 3 rings (SSSR count). The summed E-state index contributed by atoms with van der Waals surface area (Å²) in [6.45, 7) is 0.134. The van der Waals surface area contributed by atoms with Crippen molar-refractivity contribution in [3.05, 3.63) is 59.7 Å².